The zero-order valence-electron chi connectivity index (χ0n) is 15.2. The molecule has 2 aromatic rings. The molecule has 1 fully saturated rings. The van der Waals surface area contributed by atoms with E-state index in [0.717, 1.165) is 23.2 Å². The number of aromatic amines is 1. The molecule has 0 bridgehead atoms. The van der Waals surface area contributed by atoms with Gasteiger partial charge >= 0.3 is 5.97 Å². The summed E-state index contributed by atoms with van der Waals surface area (Å²) in [6.07, 6.45) is 2.09. The third-order valence-electron chi connectivity index (χ3n) is 4.15. The second kappa shape index (κ2) is 9.70. The van der Waals surface area contributed by atoms with Gasteiger partial charge in [0.25, 0.3) is 5.82 Å². The Morgan fingerprint density at radius 2 is 2.11 bits per heavy atom. The van der Waals surface area contributed by atoms with Crippen LogP contribution < -0.4 is 9.88 Å². The number of nitrogens with zero attached hydrogens (tertiary/aromatic N) is 3. The number of piperazine rings is 1. The van der Waals surface area contributed by atoms with E-state index < -0.39 is 0 Å². The summed E-state index contributed by atoms with van der Waals surface area (Å²) < 4.78 is 5.73. The molecule has 9 heteroatoms. The molecule has 3 heterocycles. The standard InChI is InChI=1S/C18H22N4O3S2/c1-2-25-17(24)11-14-12-26-18(20-14)27-13-16(23)22-9-7-21(8-10-22)15-5-3-4-6-19-15/h3-6,12H,2,7-11,13H2,1H3/p+1. The quantitative estimate of drug-likeness (QED) is 0.511. The van der Waals surface area contributed by atoms with Gasteiger partial charge in [-0.3, -0.25) is 14.5 Å². The van der Waals surface area contributed by atoms with Crippen LogP contribution in [0.2, 0.25) is 0 Å². The third-order valence-corrected chi connectivity index (χ3v) is 6.20. The molecule has 7 nitrogen and oxygen atoms in total. The molecule has 1 saturated heterocycles. The zero-order valence-corrected chi connectivity index (χ0v) is 16.9. The van der Waals surface area contributed by atoms with E-state index in [1.54, 1.807) is 6.92 Å². The number of aromatic nitrogens is 2. The molecule has 3 rings (SSSR count). The minimum Gasteiger partial charge on any atom is -0.466 e. The van der Waals surface area contributed by atoms with E-state index in [1.165, 1.54) is 23.1 Å². The van der Waals surface area contributed by atoms with E-state index in [4.69, 9.17) is 4.74 Å². The summed E-state index contributed by atoms with van der Waals surface area (Å²) in [6, 6.07) is 6.01. The molecule has 0 spiro atoms. The number of esters is 1. The van der Waals surface area contributed by atoms with Gasteiger partial charge in [-0.15, -0.1) is 11.3 Å². The van der Waals surface area contributed by atoms with Crippen LogP contribution in [0.1, 0.15) is 12.6 Å². The van der Waals surface area contributed by atoms with Crippen molar-refractivity contribution in [3.05, 3.63) is 35.5 Å². The average Bonchev–Trinajstić information content (AvgIpc) is 3.14. The second-order valence-corrected chi connectivity index (χ2v) is 8.07. The average molecular weight is 408 g/mol. The summed E-state index contributed by atoms with van der Waals surface area (Å²) in [6.45, 7) is 5.22. The van der Waals surface area contributed by atoms with E-state index in [9.17, 15) is 9.59 Å². The normalized spacial score (nSPS) is 14.3. The van der Waals surface area contributed by atoms with Crippen molar-refractivity contribution in [3.8, 4) is 0 Å². The third kappa shape index (κ3) is 5.67. The number of thioether (sulfide) groups is 1. The van der Waals surface area contributed by atoms with E-state index in [0.29, 0.717) is 31.1 Å². The van der Waals surface area contributed by atoms with Crippen molar-refractivity contribution in [2.24, 2.45) is 0 Å². The smallest absolute Gasteiger partial charge is 0.311 e. The van der Waals surface area contributed by atoms with Gasteiger partial charge in [0, 0.05) is 11.4 Å². The monoisotopic (exact) mass is 407 g/mol. The predicted molar refractivity (Wildman–Crippen MR) is 105 cm³/mol. The lowest BCUT2D eigenvalue weighted by molar-refractivity contribution is -0.364. The lowest BCUT2D eigenvalue weighted by atomic mass is 10.3. The van der Waals surface area contributed by atoms with Gasteiger partial charge in [-0.2, -0.15) is 0 Å². The second-order valence-electron chi connectivity index (χ2n) is 5.99. The Morgan fingerprint density at radius 3 is 2.81 bits per heavy atom. The molecule has 0 unspecified atom stereocenters. The van der Waals surface area contributed by atoms with Gasteiger partial charge in [-0.1, -0.05) is 17.8 Å². The Labute approximate surface area is 166 Å². The molecular formula is C18H23N4O3S2+. The van der Waals surface area contributed by atoms with Crippen LogP contribution in [0.25, 0.3) is 0 Å². The first-order valence-corrected chi connectivity index (χ1v) is 10.7. The number of nitrogens with one attached hydrogen (secondary N) is 1. The van der Waals surface area contributed by atoms with E-state index in [-0.39, 0.29) is 18.3 Å². The van der Waals surface area contributed by atoms with Crippen LogP contribution in [0.4, 0.5) is 5.82 Å². The van der Waals surface area contributed by atoms with E-state index in [1.807, 2.05) is 34.7 Å². The zero-order chi connectivity index (χ0) is 19.1. The van der Waals surface area contributed by atoms with Gasteiger partial charge in [-0.05, 0) is 13.0 Å². The highest BCUT2D eigenvalue weighted by Gasteiger charge is 2.26. The molecule has 1 N–H and O–H groups in total. The first kappa shape index (κ1) is 19.6. The maximum Gasteiger partial charge on any atom is 0.311 e. The number of H-pyrrole nitrogens is 1. The van der Waals surface area contributed by atoms with Crippen molar-refractivity contribution in [1.29, 1.82) is 0 Å². The fourth-order valence-corrected chi connectivity index (χ4v) is 4.54. The Bertz CT molecular complexity index is 761. The number of pyridine rings is 1. The largest absolute Gasteiger partial charge is 0.466 e. The van der Waals surface area contributed by atoms with Crippen molar-refractivity contribution < 1.29 is 19.3 Å². The van der Waals surface area contributed by atoms with Crippen molar-refractivity contribution in [3.63, 3.8) is 0 Å². The molecule has 27 heavy (non-hydrogen) atoms. The number of thiazole rings is 1. The fraction of sp³-hybridized carbons (Fsp3) is 0.444. The Hall–Kier alpha value is -2.13. The number of hydrogen-bond donors (Lipinski definition) is 0. The highest BCUT2D eigenvalue weighted by atomic mass is 32.2. The molecule has 1 aliphatic rings. The van der Waals surface area contributed by atoms with Gasteiger partial charge in [0.15, 0.2) is 4.34 Å². The molecule has 0 atom stereocenters. The topological polar surface area (TPSA) is 76.9 Å². The highest BCUT2D eigenvalue weighted by molar-refractivity contribution is 8.01. The molecule has 1 aliphatic heterocycles. The van der Waals surface area contributed by atoms with Crippen LogP contribution in [0.5, 0.6) is 0 Å². The number of amides is 1. The fourth-order valence-electron chi connectivity index (χ4n) is 2.79. The van der Waals surface area contributed by atoms with Crippen LogP contribution in [0.3, 0.4) is 0 Å². The lowest BCUT2D eigenvalue weighted by Gasteiger charge is -2.30. The number of carbonyl (C=O) groups excluding carboxylic acids is 2. The van der Waals surface area contributed by atoms with Crippen LogP contribution in [-0.4, -0.2) is 60.3 Å². The van der Waals surface area contributed by atoms with Gasteiger partial charge < -0.3 is 9.64 Å². The molecule has 0 saturated carbocycles. The summed E-state index contributed by atoms with van der Waals surface area (Å²) in [7, 11) is 0. The maximum absolute atomic E-state index is 12.5. The molecular weight excluding hydrogens is 384 g/mol. The van der Waals surface area contributed by atoms with Gasteiger partial charge in [-0.25, -0.2) is 9.97 Å². The van der Waals surface area contributed by atoms with Crippen molar-refractivity contribution in [2.45, 2.75) is 17.7 Å². The predicted octanol–water partition coefficient (Wildman–Crippen LogP) is 1.50. The van der Waals surface area contributed by atoms with Crippen LogP contribution in [0, 0.1) is 0 Å². The van der Waals surface area contributed by atoms with E-state index >= 15 is 0 Å². The van der Waals surface area contributed by atoms with Gasteiger partial charge in [0.2, 0.25) is 5.91 Å². The highest BCUT2D eigenvalue weighted by Crippen LogP contribution is 2.23. The summed E-state index contributed by atoms with van der Waals surface area (Å²) in [5.74, 6) is 1.29. The Kier molecular flexibility index (Phi) is 7.05. The van der Waals surface area contributed by atoms with Crippen LogP contribution >= 0.6 is 23.1 Å². The molecule has 2 aromatic heterocycles. The van der Waals surface area contributed by atoms with Gasteiger partial charge in [0.1, 0.15) is 13.1 Å². The number of ether oxygens (including phenoxy) is 1. The summed E-state index contributed by atoms with van der Waals surface area (Å²) in [5.41, 5.74) is 0.695. The molecule has 0 aromatic carbocycles. The first-order chi connectivity index (χ1) is 13.2. The maximum atomic E-state index is 12.5. The van der Waals surface area contributed by atoms with Crippen LogP contribution in [0.15, 0.2) is 34.1 Å². The number of anilines is 1. The lowest BCUT2D eigenvalue weighted by Crippen LogP contribution is -2.50. The first-order valence-electron chi connectivity index (χ1n) is 8.88. The number of hydrogen-bond acceptors (Lipinski definition) is 7. The molecule has 144 valence electrons. The van der Waals surface area contributed by atoms with Crippen LogP contribution in [-0.2, 0) is 20.7 Å². The molecule has 0 radical (unpaired) electrons. The Balaban J connectivity index is 1.42. The number of carbonyl (C=O) groups is 2. The molecule has 1 amide bonds. The summed E-state index contributed by atoms with van der Waals surface area (Å²) in [5, 5.41) is 1.85. The van der Waals surface area contributed by atoms with Crippen molar-refractivity contribution >= 4 is 40.8 Å². The van der Waals surface area contributed by atoms with Crippen molar-refractivity contribution in [2.75, 3.05) is 43.4 Å². The number of rotatable bonds is 7. The molecule has 0 aliphatic carbocycles. The Morgan fingerprint density at radius 1 is 1.30 bits per heavy atom. The minimum atomic E-state index is -0.274. The van der Waals surface area contributed by atoms with E-state index in [2.05, 4.69) is 14.9 Å². The van der Waals surface area contributed by atoms with Gasteiger partial charge in [0.05, 0.1) is 43.8 Å². The SMILES string of the molecule is CCOC(=O)Cc1csc(SCC(=O)N2CCN(c3cccc[nH+]3)CC2)n1. The summed E-state index contributed by atoms with van der Waals surface area (Å²) >= 11 is 2.88. The summed E-state index contributed by atoms with van der Waals surface area (Å²) in [4.78, 5) is 35.7. The minimum absolute atomic E-state index is 0.124. The van der Waals surface area contributed by atoms with Crippen molar-refractivity contribution in [1.82, 2.24) is 9.88 Å².